The van der Waals surface area contributed by atoms with E-state index in [0.29, 0.717) is 19.3 Å². The number of carboxylic acids is 1. The lowest BCUT2D eigenvalue weighted by atomic mass is 10.1. The lowest BCUT2D eigenvalue weighted by molar-refractivity contribution is -0.141. The SMILES string of the molecule is CC(C)(F)C(=O)N[C@@H]1CC[C@H](C(=O)O)C1. The summed E-state index contributed by atoms with van der Waals surface area (Å²) in [6, 6.07) is -0.200. The monoisotopic (exact) mass is 217 g/mol. The van der Waals surface area contributed by atoms with E-state index in [4.69, 9.17) is 5.11 Å². The van der Waals surface area contributed by atoms with E-state index < -0.39 is 23.5 Å². The number of aliphatic carboxylic acids is 1. The maximum atomic E-state index is 13.2. The molecule has 0 saturated heterocycles. The number of nitrogens with one attached hydrogen (secondary N) is 1. The fraction of sp³-hybridized carbons (Fsp3) is 0.800. The summed E-state index contributed by atoms with van der Waals surface area (Å²) in [6.45, 7) is 2.37. The molecule has 5 heteroatoms. The molecule has 0 spiro atoms. The zero-order valence-corrected chi connectivity index (χ0v) is 8.92. The van der Waals surface area contributed by atoms with Gasteiger partial charge in [-0.1, -0.05) is 0 Å². The fourth-order valence-corrected chi connectivity index (χ4v) is 1.69. The molecule has 86 valence electrons. The van der Waals surface area contributed by atoms with Crippen molar-refractivity contribution in [1.29, 1.82) is 0 Å². The van der Waals surface area contributed by atoms with E-state index in [0.717, 1.165) is 0 Å². The summed E-state index contributed by atoms with van der Waals surface area (Å²) in [5.41, 5.74) is -1.90. The summed E-state index contributed by atoms with van der Waals surface area (Å²) >= 11 is 0. The van der Waals surface area contributed by atoms with Crippen molar-refractivity contribution in [1.82, 2.24) is 5.32 Å². The number of amides is 1. The summed E-state index contributed by atoms with van der Waals surface area (Å²) in [5, 5.41) is 11.3. The van der Waals surface area contributed by atoms with Gasteiger partial charge < -0.3 is 10.4 Å². The van der Waals surface area contributed by atoms with Crippen molar-refractivity contribution in [3.8, 4) is 0 Å². The Bertz CT molecular complexity index is 272. The quantitative estimate of drug-likeness (QED) is 0.744. The number of hydrogen-bond acceptors (Lipinski definition) is 2. The van der Waals surface area contributed by atoms with Crippen molar-refractivity contribution < 1.29 is 19.1 Å². The fourth-order valence-electron chi connectivity index (χ4n) is 1.69. The van der Waals surface area contributed by atoms with Crippen molar-refractivity contribution in [2.24, 2.45) is 5.92 Å². The standard InChI is InChI=1S/C10H16FNO3/c1-10(2,11)9(15)12-7-4-3-6(5-7)8(13)14/h6-7H,3-5H2,1-2H3,(H,12,15)(H,13,14)/t6-,7+/m0/s1. The van der Waals surface area contributed by atoms with Gasteiger partial charge in [0.25, 0.3) is 5.91 Å². The molecule has 2 N–H and O–H groups in total. The van der Waals surface area contributed by atoms with Gasteiger partial charge in [-0.2, -0.15) is 0 Å². The Hall–Kier alpha value is -1.13. The van der Waals surface area contributed by atoms with Crippen LogP contribution in [-0.4, -0.2) is 28.7 Å². The van der Waals surface area contributed by atoms with Crippen molar-refractivity contribution in [2.45, 2.75) is 44.8 Å². The largest absolute Gasteiger partial charge is 0.481 e. The second kappa shape index (κ2) is 4.16. The van der Waals surface area contributed by atoms with Crippen molar-refractivity contribution in [2.75, 3.05) is 0 Å². The average molecular weight is 217 g/mol. The molecule has 0 aromatic carbocycles. The van der Waals surface area contributed by atoms with E-state index in [1.54, 1.807) is 0 Å². The Morgan fingerprint density at radius 2 is 2.00 bits per heavy atom. The van der Waals surface area contributed by atoms with Crippen LogP contribution in [0.1, 0.15) is 33.1 Å². The minimum atomic E-state index is -1.90. The van der Waals surface area contributed by atoms with E-state index >= 15 is 0 Å². The van der Waals surface area contributed by atoms with Crippen LogP contribution < -0.4 is 5.32 Å². The number of halogens is 1. The van der Waals surface area contributed by atoms with Crippen LogP contribution in [0.2, 0.25) is 0 Å². The van der Waals surface area contributed by atoms with Crippen LogP contribution in [0.4, 0.5) is 4.39 Å². The average Bonchev–Trinajstić information content (AvgIpc) is 2.50. The van der Waals surface area contributed by atoms with Crippen LogP contribution in [0, 0.1) is 5.92 Å². The molecule has 0 radical (unpaired) electrons. The smallest absolute Gasteiger partial charge is 0.306 e. The molecule has 0 heterocycles. The van der Waals surface area contributed by atoms with Crippen LogP contribution in [0.25, 0.3) is 0 Å². The Labute approximate surface area is 87.9 Å². The van der Waals surface area contributed by atoms with Crippen LogP contribution >= 0.6 is 0 Å². The Kier molecular flexibility index (Phi) is 3.31. The molecule has 0 aliphatic heterocycles. The molecule has 0 unspecified atom stereocenters. The highest BCUT2D eigenvalue weighted by Crippen LogP contribution is 2.26. The second-order valence-electron chi connectivity index (χ2n) is 4.49. The zero-order chi connectivity index (χ0) is 11.6. The molecule has 1 aliphatic carbocycles. The maximum absolute atomic E-state index is 13.2. The summed E-state index contributed by atoms with van der Waals surface area (Å²) in [4.78, 5) is 21.9. The first-order valence-corrected chi connectivity index (χ1v) is 5.03. The molecule has 4 nitrogen and oxygen atoms in total. The molecule has 1 saturated carbocycles. The van der Waals surface area contributed by atoms with Crippen LogP contribution in [0.3, 0.4) is 0 Å². The van der Waals surface area contributed by atoms with E-state index in [2.05, 4.69) is 5.32 Å². The number of carbonyl (C=O) groups is 2. The summed E-state index contributed by atoms with van der Waals surface area (Å²) in [6.07, 6.45) is 1.56. The van der Waals surface area contributed by atoms with Gasteiger partial charge in [-0.3, -0.25) is 9.59 Å². The third-order valence-corrected chi connectivity index (χ3v) is 2.66. The van der Waals surface area contributed by atoms with E-state index in [-0.39, 0.29) is 6.04 Å². The molecule has 2 atom stereocenters. The molecule has 1 amide bonds. The molecule has 0 aromatic heterocycles. The van der Waals surface area contributed by atoms with Gasteiger partial charge >= 0.3 is 5.97 Å². The van der Waals surface area contributed by atoms with Gasteiger partial charge in [0, 0.05) is 6.04 Å². The second-order valence-corrected chi connectivity index (χ2v) is 4.49. The molecular formula is C10H16FNO3. The van der Waals surface area contributed by atoms with Gasteiger partial charge in [0.15, 0.2) is 5.67 Å². The summed E-state index contributed by atoms with van der Waals surface area (Å²) < 4.78 is 13.2. The van der Waals surface area contributed by atoms with E-state index in [1.165, 1.54) is 13.8 Å². The molecule has 15 heavy (non-hydrogen) atoms. The van der Waals surface area contributed by atoms with Crippen LogP contribution in [0.15, 0.2) is 0 Å². The molecular weight excluding hydrogens is 201 g/mol. The lowest BCUT2D eigenvalue weighted by Gasteiger charge is -2.18. The number of carboxylic acid groups (broad SMARTS) is 1. The van der Waals surface area contributed by atoms with Gasteiger partial charge in [-0.25, -0.2) is 4.39 Å². The maximum Gasteiger partial charge on any atom is 0.306 e. The van der Waals surface area contributed by atoms with Gasteiger partial charge in [-0.05, 0) is 33.1 Å². The predicted octanol–water partition coefficient (Wildman–Crippen LogP) is 1.10. The third-order valence-electron chi connectivity index (χ3n) is 2.66. The lowest BCUT2D eigenvalue weighted by Crippen LogP contribution is -2.43. The van der Waals surface area contributed by atoms with Crippen molar-refractivity contribution >= 4 is 11.9 Å². The predicted molar refractivity (Wildman–Crippen MR) is 52.1 cm³/mol. The van der Waals surface area contributed by atoms with Crippen molar-refractivity contribution in [3.63, 3.8) is 0 Å². The molecule has 0 bridgehead atoms. The van der Waals surface area contributed by atoms with Crippen molar-refractivity contribution in [3.05, 3.63) is 0 Å². The topological polar surface area (TPSA) is 66.4 Å². The molecule has 1 fully saturated rings. The Balaban J connectivity index is 2.43. The van der Waals surface area contributed by atoms with Gasteiger partial charge in [0.1, 0.15) is 0 Å². The summed E-state index contributed by atoms with van der Waals surface area (Å²) in [5.74, 6) is -1.91. The highest BCUT2D eigenvalue weighted by atomic mass is 19.1. The van der Waals surface area contributed by atoms with Gasteiger partial charge in [-0.15, -0.1) is 0 Å². The third kappa shape index (κ3) is 3.18. The molecule has 1 rings (SSSR count). The zero-order valence-electron chi connectivity index (χ0n) is 8.92. The first kappa shape index (κ1) is 11.9. The number of alkyl halides is 1. The number of hydrogen-bond donors (Lipinski definition) is 2. The Morgan fingerprint density at radius 1 is 1.40 bits per heavy atom. The highest BCUT2D eigenvalue weighted by molar-refractivity contribution is 5.84. The number of rotatable bonds is 3. The normalized spacial score (nSPS) is 26.3. The van der Waals surface area contributed by atoms with E-state index in [1.807, 2.05) is 0 Å². The summed E-state index contributed by atoms with van der Waals surface area (Å²) in [7, 11) is 0. The number of carbonyl (C=O) groups excluding carboxylic acids is 1. The van der Waals surface area contributed by atoms with E-state index in [9.17, 15) is 14.0 Å². The van der Waals surface area contributed by atoms with Gasteiger partial charge in [0.05, 0.1) is 5.92 Å². The Morgan fingerprint density at radius 3 is 2.40 bits per heavy atom. The first-order valence-electron chi connectivity index (χ1n) is 5.03. The highest BCUT2D eigenvalue weighted by Gasteiger charge is 2.34. The molecule has 1 aliphatic rings. The van der Waals surface area contributed by atoms with Crippen LogP contribution in [-0.2, 0) is 9.59 Å². The van der Waals surface area contributed by atoms with Crippen LogP contribution in [0.5, 0.6) is 0 Å². The molecule has 0 aromatic rings. The minimum absolute atomic E-state index is 0.200. The minimum Gasteiger partial charge on any atom is -0.481 e. The van der Waals surface area contributed by atoms with Gasteiger partial charge in [0.2, 0.25) is 0 Å². The first-order chi connectivity index (χ1) is 6.80.